The van der Waals surface area contributed by atoms with Crippen LogP contribution in [-0.4, -0.2) is 63.0 Å². The Morgan fingerprint density at radius 2 is 1.53 bits per heavy atom. The number of aryl methyl sites for hydroxylation is 1. The second kappa shape index (κ2) is 9.07. The third-order valence-corrected chi connectivity index (χ3v) is 6.68. The fourth-order valence-corrected chi connectivity index (χ4v) is 4.48. The van der Waals surface area contributed by atoms with E-state index in [-0.39, 0.29) is 24.9 Å². The maximum absolute atomic E-state index is 12.6. The van der Waals surface area contributed by atoms with Crippen molar-refractivity contribution in [3.05, 3.63) is 70.8 Å². The number of carbonyl (C=O) groups is 2. The van der Waals surface area contributed by atoms with E-state index in [1.807, 2.05) is 43.3 Å². The highest BCUT2D eigenvalue weighted by Crippen LogP contribution is 2.22. The number of rotatable bonds is 9. The highest BCUT2D eigenvalue weighted by atomic mass is 32.2. The molecule has 1 aliphatic rings. The first kappa shape index (κ1) is 22.1. The van der Waals surface area contributed by atoms with Gasteiger partial charge in [-0.3, -0.25) is 14.5 Å². The van der Waals surface area contributed by atoms with Gasteiger partial charge in [-0.25, -0.2) is 13.1 Å². The molecule has 0 spiro atoms. The number of benzene rings is 2. The van der Waals surface area contributed by atoms with Crippen molar-refractivity contribution in [3.8, 4) is 0 Å². The number of imide groups is 1. The maximum Gasteiger partial charge on any atom is 0.261 e. The Balaban J connectivity index is 1.62. The predicted octanol–water partition coefficient (Wildman–Crippen LogP) is 2.07. The van der Waals surface area contributed by atoms with Crippen molar-refractivity contribution < 1.29 is 18.0 Å². The van der Waals surface area contributed by atoms with E-state index in [2.05, 4.69) is 11.6 Å². The van der Waals surface area contributed by atoms with Crippen molar-refractivity contribution in [3.63, 3.8) is 0 Å². The van der Waals surface area contributed by atoms with Gasteiger partial charge in [0, 0.05) is 19.1 Å². The molecule has 0 saturated heterocycles. The van der Waals surface area contributed by atoms with E-state index >= 15 is 0 Å². The van der Waals surface area contributed by atoms with Gasteiger partial charge in [0.2, 0.25) is 10.0 Å². The fraction of sp³-hybridized carbons (Fsp3) is 0.364. The first-order valence-corrected chi connectivity index (χ1v) is 11.6. The summed E-state index contributed by atoms with van der Waals surface area (Å²) >= 11 is 0. The maximum atomic E-state index is 12.6. The molecule has 8 heteroatoms. The lowest BCUT2D eigenvalue weighted by atomic mass is 10.0. The van der Waals surface area contributed by atoms with Crippen molar-refractivity contribution in [1.29, 1.82) is 0 Å². The molecule has 2 aromatic carbocycles. The standard InChI is InChI=1S/C22H27N3O4S/c1-4-16-9-11-17(12-10-16)20(24(2)3)15-23-30(28,29)14-13-25-21(26)18-7-5-6-8-19(18)22(25)27/h5-12,20,23H,4,13-15H2,1-3H3/t20-/m1/s1. The molecule has 0 unspecified atom stereocenters. The van der Waals surface area contributed by atoms with Crippen LogP contribution in [0.1, 0.15) is 44.8 Å². The molecule has 1 aliphatic heterocycles. The Morgan fingerprint density at radius 1 is 0.967 bits per heavy atom. The van der Waals surface area contributed by atoms with Crippen LogP contribution in [0.2, 0.25) is 0 Å². The van der Waals surface area contributed by atoms with Crippen molar-refractivity contribution in [2.75, 3.05) is 32.9 Å². The Labute approximate surface area is 177 Å². The van der Waals surface area contributed by atoms with Crippen LogP contribution in [0.3, 0.4) is 0 Å². The minimum Gasteiger partial charge on any atom is -0.301 e. The zero-order valence-electron chi connectivity index (χ0n) is 17.5. The lowest BCUT2D eigenvalue weighted by Gasteiger charge is -2.25. The van der Waals surface area contributed by atoms with Gasteiger partial charge in [-0.2, -0.15) is 0 Å². The number of sulfonamides is 1. The number of fused-ring (bicyclic) bond motifs is 1. The van der Waals surface area contributed by atoms with Crippen molar-refractivity contribution in [2.24, 2.45) is 0 Å². The molecule has 1 heterocycles. The molecule has 0 saturated carbocycles. The summed E-state index contributed by atoms with van der Waals surface area (Å²) in [7, 11) is 0.113. The Morgan fingerprint density at radius 3 is 2.03 bits per heavy atom. The van der Waals surface area contributed by atoms with E-state index in [0.717, 1.165) is 16.9 Å². The van der Waals surface area contributed by atoms with Crippen molar-refractivity contribution in [1.82, 2.24) is 14.5 Å². The van der Waals surface area contributed by atoms with Gasteiger partial charge in [-0.05, 0) is 43.8 Å². The van der Waals surface area contributed by atoms with Gasteiger partial charge in [0.05, 0.1) is 16.9 Å². The van der Waals surface area contributed by atoms with Crippen LogP contribution < -0.4 is 4.72 Å². The van der Waals surface area contributed by atoms with Gasteiger partial charge in [-0.1, -0.05) is 43.3 Å². The lowest BCUT2D eigenvalue weighted by Crippen LogP contribution is -2.40. The third-order valence-electron chi connectivity index (χ3n) is 5.35. The zero-order valence-corrected chi connectivity index (χ0v) is 18.3. The van der Waals surface area contributed by atoms with Crippen LogP contribution in [0.5, 0.6) is 0 Å². The predicted molar refractivity (Wildman–Crippen MR) is 116 cm³/mol. The number of carbonyl (C=O) groups excluding carboxylic acids is 2. The number of nitrogens with one attached hydrogen (secondary N) is 1. The monoisotopic (exact) mass is 429 g/mol. The molecule has 0 fully saturated rings. The van der Waals surface area contributed by atoms with E-state index in [0.29, 0.717) is 11.1 Å². The van der Waals surface area contributed by atoms with Crippen LogP contribution in [0, 0.1) is 0 Å². The van der Waals surface area contributed by atoms with E-state index in [4.69, 9.17) is 0 Å². The lowest BCUT2D eigenvalue weighted by molar-refractivity contribution is 0.0664. The highest BCUT2D eigenvalue weighted by molar-refractivity contribution is 7.89. The quantitative estimate of drug-likeness (QED) is 0.617. The molecule has 7 nitrogen and oxygen atoms in total. The molecule has 1 N–H and O–H groups in total. The summed E-state index contributed by atoms with van der Waals surface area (Å²) < 4.78 is 27.7. The number of amides is 2. The Hall–Kier alpha value is -2.55. The molecule has 3 rings (SSSR count). The Bertz CT molecular complexity index is 998. The average Bonchev–Trinajstić information content (AvgIpc) is 2.97. The van der Waals surface area contributed by atoms with Crippen LogP contribution in [0.4, 0.5) is 0 Å². The molecular formula is C22H27N3O4S. The molecule has 0 aliphatic carbocycles. The van der Waals surface area contributed by atoms with E-state index in [1.54, 1.807) is 24.3 Å². The summed E-state index contributed by atoms with van der Waals surface area (Å²) in [6.45, 7) is 2.10. The molecule has 2 aromatic rings. The van der Waals surface area contributed by atoms with Crippen molar-refractivity contribution >= 4 is 21.8 Å². The molecule has 0 aromatic heterocycles. The van der Waals surface area contributed by atoms with Crippen LogP contribution in [0.15, 0.2) is 48.5 Å². The summed E-state index contributed by atoms with van der Waals surface area (Å²) in [5, 5.41) is 0. The number of hydrogen-bond donors (Lipinski definition) is 1. The van der Waals surface area contributed by atoms with E-state index < -0.39 is 21.8 Å². The first-order valence-electron chi connectivity index (χ1n) is 9.91. The summed E-state index contributed by atoms with van der Waals surface area (Å²) in [5.74, 6) is -1.24. The minimum atomic E-state index is -3.68. The molecule has 0 bridgehead atoms. The molecule has 1 atom stereocenters. The summed E-state index contributed by atoms with van der Waals surface area (Å²) in [6.07, 6.45) is 0.942. The van der Waals surface area contributed by atoms with Crippen LogP contribution in [0.25, 0.3) is 0 Å². The molecule has 160 valence electrons. The summed E-state index contributed by atoms with van der Waals surface area (Å²) in [5.41, 5.74) is 2.87. The third kappa shape index (κ3) is 4.77. The topological polar surface area (TPSA) is 86.8 Å². The molecule has 2 amide bonds. The van der Waals surface area contributed by atoms with Gasteiger partial charge in [0.25, 0.3) is 11.8 Å². The average molecular weight is 430 g/mol. The van der Waals surface area contributed by atoms with Crippen molar-refractivity contribution in [2.45, 2.75) is 19.4 Å². The fourth-order valence-electron chi connectivity index (χ4n) is 3.51. The zero-order chi connectivity index (χ0) is 21.9. The van der Waals surface area contributed by atoms with Crippen LogP contribution >= 0.6 is 0 Å². The molecule has 0 radical (unpaired) electrons. The van der Waals surface area contributed by atoms with Gasteiger partial charge in [0.1, 0.15) is 0 Å². The highest BCUT2D eigenvalue weighted by Gasteiger charge is 2.35. The Kier molecular flexibility index (Phi) is 6.70. The van der Waals surface area contributed by atoms with Crippen LogP contribution in [-0.2, 0) is 16.4 Å². The summed E-state index contributed by atoms with van der Waals surface area (Å²) in [6, 6.07) is 14.5. The van der Waals surface area contributed by atoms with Gasteiger partial charge in [-0.15, -0.1) is 0 Å². The SMILES string of the molecule is CCc1ccc([C@@H](CNS(=O)(=O)CCN2C(=O)c3ccccc3C2=O)N(C)C)cc1. The number of likely N-dealkylation sites (N-methyl/N-ethyl adjacent to an activating group) is 1. The van der Waals surface area contributed by atoms with Gasteiger partial charge >= 0.3 is 0 Å². The first-order chi connectivity index (χ1) is 14.2. The molecular weight excluding hydrogens is 402 g/mol. The largest absolute Gasteiger partial charge is 0.301 e. The molecule has 30 heavy (non-hydrogen) atoms. The summed E-state index contributed by atoms with van der Waals surface area (Å²) in [4.78, 5) is 27.7. The van der Waals surface area contributed by atoms with Gasteiger partial charge < -0.3 is 4.90 Å². The second-order valence-electron chi connectivity index (χ2n) is 7.55. The van der Waals surface area contributed by atoms with E-state index in [9.17, 15) is 18.0 Å². The van der Waals surface area contributed by atoms with Gasteiger partial charge in [0.15, 0.2) is 0 Å². The second-order valence-corrected chi connectivity index (χ2v) is 9.48. The minimum absolute atomic E-state index is 0.134. The normalized spacial score (nSPS) is 15.0. The smallest absolute Gasteiger partial charge is 0.261 e. The number of hydrogen-bond acceptors (Lipinski definition) is 5. The number of nitrogens with zero attached hydrogens (tertiary/aromatic N) is 2. The van der Waals surface area contributed by atoms with E-state index in [1.165, 1.54) is 5.56 Å².